The van der Waals surface area contributed by atoms with E-state index in [-0.39, 0.29) is 0 Å². The Morgan fingerprint density at radius 3 is 2.81 bits per heavy atom. The van der Waals surface area contributed by atoms with Gasteiger partial charge in [-0.2, -0.15) is 0 Å². The quantitative estimate of drug-likeness (QED) is 0.918. The lowest BCUT2D eigenvalue weighted by atomic mass is 10.2. The van der Waals surface area contributed by atoms with Crippen molar-refractivity contribution in [2.75, 3.05) is 26.7 Å². The Morgan fingerprint density at radius 1 is 1.33 bits per heavy atom. The Balaban J connectivity index is 1.62. The molecule has 1 saturated heterocycles. The number of benzene rings is 1. The Morgan fingerprint density at radius 2 is 2.10 bits per heavy atom. The molecule has 2 aromatic rings. The minimum Gasteiger partial charge on any atom is -0.341 e. The van der Waals surface area contributed by atoms with E-state index in [0.29, 0.717) is 6.04 Å². The summed E-state index contributed by atoms with van der Waals surface area (Å²) < 4.78 is 0. The Kier molecular flexibility index (Phi) is 4.27. The molecule has 0 radical (unpaired) electrons. The highest BCUT2D eigenvalue weighted by Gasteiger charge is 2.19. The average molecular weight is 286 g/mol. The molecule has 114 valence electrons. The number of nitrogens with one attached hydrogen (secondary N) is 1. The number of aromatic nitrogens is 2. The van der Waals surface area contributed by atoms with Crippen LogP contribution in [0.2, 0.25) is 0 Å². The molecule has 1 fully saturated rings. The summed E-state index contributed by atoms with van der Waals surface area (Å²) in [7, 11) is 2.19. The van der Waals surface area contributed by atoms with Crippen LogP contribution in [-0.2, 0) is 6.54 Å². The lowest BCUT2D eigenvalue weighted by Gasteiger charge is -2.27. The number of rotatable bonds is 5. The number of aryl methyl sites for hydroxylation is 1. The maximum absolute atomic E-state index is 4.75. The fourth-order valence-corrected chi connectivity index (χ4v) is 3.37. The summed E-state index contributed by atoms with van der Waals surface area (Å²) in [6.07, 6.45) is 2.72. The first kappa shape index (κ1) is 14.5. The molecule has 0 amide bonds. The van der Waals surface area contributed by atoms with Crippen LogP contribution in [0, 0.1) is 6.92 Å². The first-order chi connectivity index (χ1) is 10.1. The molecule has 3 rings (SSSR count). The Hall–Kier alpha value is -1.39. The summed E-state index contributed by atoms with van der Waals surface area (Å²) in [6.45, 7) is 8.96. The average Bonchev–Trinajstić information content (AvgIpc) is 3.07. The van der Waals surface area contributed by atoms with Crippen molar-refractivity contribution in [3.8, 4) is 0 Å². The second-order valence-corrected chi connectivity index (χ2v) is 6.44. The number of hydrogen-bond acceptors (Lipinski definition) is 3. The first-order valence-electron chi connectivity index (χ1n) is 8.00. The summed E-state index contributed by atoms with van der Waals surface area (Å²) in [5.41, 5.74) is 3.49. The fraction of sp³-hybridized carbons (Fsp3) is 0.588. The van der Waals surface area contributed by atoms with Gasteiger partial charge in [0.2, 0.25) is 0 Å². The van der Waals surface area contributed by atoms with Crippen LogP contribution in [0.3, 0.4) is 0 Å². The van der Waals surface area contributed by atoms with Gasteiger partial charge in [0.1, 0.15) is 5.82 Å². The third-order valence-electron chi connectivity index (χ3n) is 4.52. The summed E-state index contributed by atoms with van der Waals surface area (Å²) in [6, 6.07) is 6.93. The molecule has 1 aliphatic heterocycles. The number of imidazole rings is 1. The van der Waals surface area contributed by atoms with E-state index < -0.39 is 0 Å². The van der Waals surface area contributed by atoms with Crippen LogP contribution in [0.15, 0.2) is 18.2 Å². The summed E-state index contributed by atoms with van der Waals surface area (Å²) >= 11 is 0. The maximum Gasteiger partial charge on any atom is 0.121 e. The van der Waals surface area contributed by atoms with E-state index in [1.807, 2.05) is 0 Å². The summed E-state index contributed by atoms with van der Waals surface area (Å²) in [5.74, 6) is 1.07. The topological polar surface area (TPSA) is 35.2 Å². The van der Waals surface area contributed by atoms with Crippen molar-refractivity contribution in [2.24, 2.45) is 0 Å². The van der Waals surface area contributed by atoms with Crippen LogP contribution in [0.25, 0.3) is 11.0 Å². The molecule has 1 atom stereocenters. The van der Waals surface area contributed by atoms with Gasteiger partial charge in [0.25, 0.3) is 0 Å². The molecule has 1 aromatic carbocycles. The van der Waals surface area contributed by atoms with Crippen LogP contribution in [0.1, 0.15) is 31.2 Å². The predicted octanol–water partition coefficient (Wildman–Crippen LogP) is 2.79. The normalized spacial score (nSPS) is 17.9. The van der Waals surface area contributed by atoms with Crippen molar-refractivity contribution >= 4 is 11.0 Å². The van der Waals surface area contributed by atoms with Gasteiger partial charge < -0.3 is 4.98 Å². The van der Waals surface area contributed by atoms with Crippen molar-refractivity contribution in [1.29, 1.82) is 0 Å². The zero-order valence-corrected chi connectivity index (χ0v) is 13.4. The molecule has 2 heterocycles. The van der Waals surface area contributed by atoms with Crippen molar-refractivity contribution in [1.82, 2.24) is 19.8 Å². The zero-order chi connectivity index (χ0) is 14.8. The smallest absolute Gasteiger partial charge is 0.121 e. The van der Waals surface area contributed by atoms with Gasteiger partial charge in [-0.1, -0.05) is 12.1 Å². The van der Waals surface area contributed by atoms with Gasteiger partial charge in [0, 0.05) is 12.6 Å². The molecule has 1 unspecified atom stereocenters. The molecule has 1 aliphatic rings. The molecule has 0 aliphatic carbocycles. The SMILES string of the molecule is Cc1cccc2[nH]c(CN(C)CC(C)N3CCCC3)nc12. The van der Waals surface area contributed by atoms with Crippen LogP contribution in [0.5, 0.6) is 0 Å². The van der Waals surface area contributed by atoms with Crippen molar-refractivity contribution in [3.05, 3.63) is 29.6 Å². The van der Waals surface area contributed by atoms with Crippen LogP contribution < -0.4 is 0 Å². The summed E-state index contributed by atoms with van der Waals surface area (Å²) in [4.78, 5) is 13.2. The highest BCUT2D eigenvalue weighted by Crippen LogP contribution is 2.17. The van der Waals surface area contributed by atoms with Crippen LogP contribution >= 0.6 is 0 Å². The third-order valence-corrected chi connectivity index (χ3v) is 4.52. The van der Waals surface area contributed by atoms with Gasteiger partial charge in [-0.05, 0) is 58.5 Å². The first-order valence-corrected chi connectivity index (χ1v) is 8.00. The Bertz CT molecular complexity index is 598. The Labute approximate surface area is 127 Å². The van der Waals surface area contributed by atoms with E-state index >= 15 is 0 Å². The molecule has 4 heteroatoms. The molecule has 0 spiro atoms. The molecule has 0 saturated carbocycles. The lowest BCUT2D eigenvalue weighted by molar-refractivity contribution is 0.186. The fourth-order valence-electron chi connectivity index (χ4n) is 3.37. The number of nitrogens with zero attached hydrogens (tertiary/aromatic N) is 3. The maximum atomic E-state index is 4.75. The van der Waals surface area contributed by atoms with Gasteiger partial charge >= 0.3 is 0 Å². The number of H-pyrrole nitrogens is 1. The van der Waals surface area contributed by atoms with Gasteiger partial charge in [-0.25, -0.2) is 4.98 Å². The van der Waals surface area contributed by atoms with Crippen LogP contribution in [0.4, 0.5) is 0 Å². The number of likely N-dealkylation sites (N-methyl/N-ethyl adjacent to an activating group) is 1. The number of aromatic amines is 1. The lowest BCUT2D eigenvalue weighted by Crippen LogP contribution is -2.39. The van der Waals surface area contributed by atoms with E-state index in [1.165, 1.54) is 31.5 Å². The second kappa shape index (κ2) is 6.16. The highest BCUT2D eigenvalue weighted by atomic mass is 15.2. The molecule has 0 bridgehead atoms. The zero-order valence-electron chi connectivity index (χ0n) is 13.4. The van der Waals surface area contributed by atoms with E-state index in [1.54, 1.807) is 0 Å². The van der Waals surface area contributed by atoms with Crippen LogP contribution in [-0.4, -0.2) is 52.5 Å². The van der Waals surface area contributed by atoms with Crippen molar-refractivity contribution in [2.45, 2.75) is 39.3 Å². The second-order valence-electron chi connectivity index (χ2n) is 6.44. The van der Waals surface area contributed by atoms with E-state index in [2.05, 4.69) is 53.9 Å². The minimum absolute atomic E-state index is 0.628. The number of likely N-dealkylation sites (tertiary alicyclic amines) is 1. The summed E-state index contributed by atoms with van der Waals surface area (Å²) in [5, 5.41) is 0. The molecule has 4 nitrogen and oxygen atoms in total. The molecule has 21 heavy (non-hydrogen) atoms. The molecule has 1 aromatic heterocycles. The van der Waals surface area contributed by atoms with Gasteiger partial charge in [-0.15, -0.1) is 0 Å². The number of para-hydroxylation sites is 1. The van der Waals surface area contributed by atoms with Gasteiger partial charge in [0.15, 0.2) is 0 Å². The monoisotopic (exact) mass is 286 g/mol. The van der Waals surface area contributed by atoms with Crippen molar-refractivity contribution < 1.29 is 0 Å². The standard InChI is InChI=1S/C17H26N4/c1-13-7-6-8-15-17(13)19-16(18-15)12-20(3)11-14(2)21-9-4-5-10-21/h6-8,14H,4-5,9-12H2,1-3H3,(H,18,19). The van der Waals surface area contributed by atoms with Gasteiger partial charge in [0.05, 0.1) is 17.6 Å². The molecule has 1 N–H and O–H groups in total. The third kappa shape index (κ3) is 3.27. The highest BCUT2D eigenvalue weighted by molar-refractivity contribution is 5.78. The van der Waals surface area contributed by atoms with E-state index in [4.69, 9.17) is 4.98 Å². The van der Waals surface area contributed by atoms with Gasteiger partial charge in [-0.3, -0.25) is 9.80 Å². The number of fused-ring (bicyclic) bond motifs is 1. The minimum atomic E-state index is 0.628. The van der Waals surface area contributed by atoms with E-state index in [0.717, 1.165) is 29.9 Å². The van der Waals surface area contributed by atoms with E-state index in [9.17, 15) is 0 Å². The van der Waals surface area contributed by atoms with Crippen molar-refractivity contribution in [3.63, 3.8) is 0 Å². The molecular formula is C17H26N4. The molecular weight excluding hydrogens is 260 g/mol. The number of hydrogen-bond donors (Lipinski definition) is 1. The predicted molar refractivity (Wildman–Crippen MR) is 87.4 cm³/mol. The largest absolute Gasteiger partial charge is 0.341 e.